The summed E-state index contributed by atoms with van der Waals surface area (Å²) in [5.41, 5.74) is -0.0832. The number of methoxy groups -OCH3 is 3. The first kappa shape index (κ1) is 16.2. The molecule has 1 heterocycles. The monoisotopic (exact) mass is 329 g/mol. The first-order chi connectivity index (χ1) is 9.94. The highest BCUT2D eigenvalue weighted by Crippen LogP contribution is 2.42. The number of rotatable bonds is 5. The second-order valence-corrected chi connectivity index (χ2v) is 6.46. The molecule has 21 heavy (non-hydrogen) atoms. The lowest BCUT2D eigenvalue weighted by Gasteiger charge is -2.31. The van der Waals surface area contributed by atoms with Crippen LogP contribution >= 0.6 is 24.0 Å². The quantitative estimate of drug-likeness (QED) is 0.832. The average Bonchev–Trinajstić information content (AvgIpc) is 2.73. The highest BCUT2D eigenvalue weighted by molar-refractivity contribution is 8.23. The zero-order chi connectivity index (χ0) is 15.6. The van der Waals surface area contributed by atoms with E-state index in [0.29, 0.717) is 33.9 Å². The molecule has 1 aromatic rings. The Balaban J connectivity index is 2.38. The predicted octanol–water partition coefficient (Wildman–Crippen LogP) is 2.25. The van der Waals surface area contributed by atoms with Crippen molar-refractivity contribution in [1.82, 2.24) is 4.90 Å². The maximum Gasteiger partial charge on any atom is 0.203 e. The van der Waals surface area contributed by atoms with E-state index in [0.717, 1.165) is 5.56 Å². The third-order valence-electron chi connectivity index (χ3n) is 3.39. The van der Waals surface area contributed by atoms with Gasteiger partial charge in [-0.2, -0.15) is 0 Å². The molecule has 1 saturated heterocycles. The van der Waals surface area contributed by atoms with E-state index in [1.165, 1.54) is 11.8 Å². The topological polar surface area (TPSA) is 51.2 Å². The van der Waals surface area contributed by atoms with Crippen molar-refractivity contribution in [2.75, 3.05) is 27.1 Å². The van der Waals surface area contributed by atoms with E-state index in [-0.39, 0.29) is 0 Å². The number of hydrogen-bond acceptors (Lipinski definition) is 6. The van der Waals surface area contributed by atoms with Gasteiger partial charge in [0.2, 0.25) is 5.75 Å². The summed E-state index contributed by atoms with van der Waals surface area (Å²) in [5.74, 6) is 2.28. The molecule has 7 heteroatoms. The number of ether oxygens (including phenoxy) is 3. The minimum absolute atomic E-state index is 0.447. The maximum atomic E-state index is 10.4. The fraction of sp³-hybridized carbons (Fsp3) is 0.500. The lowest BCUT2D eigenvalue weighted by molar-refractivity contribution is -0.0273. The lowest BCUT2D eigenvalue weighted by atomic mass is 10.1. The first-order valence-electron chi connectivity index (χ1n) is 6.39. The molecule has 2 rings (SSSR count). The second kappa shape index (κ2) is 6.29. The standard InChI is InChI=1S/C14H19NO4S2/c1-14(16)8-21-13(20)15(14)7-9-5-6-10(17-2)12(19-4)11(9)18-3/h5-6,16H,7-8H2,1-4H3. The minimum Gasteiger partial charge on any atom is -0.493 e. The highest BCUT2D eigenvalue weighted by Gasteiger charge is 2.38. The van der Waals surface area contributed by atoms with Gasteiger partial charge >= 0.3 is 0 Å². The number of thioether (sulfide) groups is 1. The lowest BCUT2D eigenvalue weighted by Crippen LogP contribution is -2.43. The molecule has 1 fully saturated rings. The number of aliphatic hydroxyl groups is 1. The Morgan fingerprint density at radius 2 is 1.90 bits per heavy atom. The normalized spacial score (nSPS) is 21.6. The molecule has 1 unspecified atom stereocenters. The molecule has 1 aromatic carbocycles. The molecule has 1 aliphatic rings. The summed E-state index contributed by atoms with van der Waals surface area (Å²) in [6.45, 7) is 2.20. The van der Waals surface area contributed by atoms with Gasteiger partial charge in [-0.15, -0.1) is 0 Å². The van der Waals surface area contributed by atoms with Gasteiger partial charge in [0, 0.05) is 11.3 Å². The van der Waals surface area contributed by atoms with Crippen molar-refractivity contribution in [3.8, 4) is 17.2 Å². The van der Waals surface area contributed by atoms with Gasteiger partial charge in [-0.1, -0.05) is 24.0 Å². The molecule has 0 amide bonds. The van der Waals surface area contributed by atoms with Crippen LogP contribution in [0.15, 0.2) is 12.1 Å². The summed E-state index contributed by atoms with van der Waals surface area (Å²) < 4.78 is 16.8. The van der Waals surface area contributed by atoms with Crippen LogP contribution in [0.3, 0.4) is 0 Å². The Hall–Kier alpha value is -1.18. The van der Waals surface area contributed by atoms with Crippen LogP contribution in [0.25, 0.3) is 0 Å². The zero-order valence-electron chi connectivity index (χ0n) is 12.5. The van der Waals surface area contributed by atoms with Crippen LogP contribution in [0.5, 0.6) is 17.2 Å². The Morgan fingerprint density at radius 3 is 2.38 bits per heavy atom. The van der Waals surface area contributed by atoms with Crippen LogP contribution in [0, 0.1) is 0 Å². The van der Waals surface area contributed by atoms with E-state index in [1.54, 1.807) is 33.2 Å². The van der Waals surface area contributed by atoms with Crippen LogP contribution in [-0.4, -0.2) is 47.1 Å². The van der Waals surface area contributed by atoms with E-state index in [9.17, 15) is 5.11 Å². The highest BCUT2D eigenvalue weighted by atomic mass is 32.2. The molecule has 116 valence electrons. The molecule has 0 bridgehead atoms. The van der Waals surface area contributed by atoms with E-state index >= 15 is 0 Å². The second-order valence-electron chi connectivity index (χ2n) is 4.85. The van der Waals surface area contributed by atoms with Gasteiger partial charge in [0.25, 0.3) is 0 Å². The Labute approximate surface area is 134 Å². The van der Waals surface area contributed by atoms with Gasteiger partial charge in [0.05, 0.1) is 27.9 Å². The van der Waals surface area contributed by atoms with E-state index in [4.69, 9.17) is 26.4 Å². The van der Waals surface area contributed by atoms with E-state index < -0.39 is 5.72 Å². The van der Waals surface area contributed by atoms with Crippen molar-refractivity contribution in [2.24, 2.45) is 0 Å². The van der Waals surface area contributed by atoms with Gasteiger partial charge in [0.15, 0.2) is 11.5 Å². The number of nitrogens with zero attached hydrogens (tertiary/aromatic N) is 1. The molecule has 1 atom stereocenters. The molecule has 0 aliphatic carbocycles. The van der Waals surface area contributed by atoms with Gasteiger partial charge in [-0.05, 0) is 19.1 Å². The molecule has 0 saturated carbocycles. The Kier molecular flexibility index (Phi) is 4.85. The maximum absolute atomic E-state index is 10.4. The van der Waals surface area contributed by atoms with E-state index in [1.807, 2.05) is 12.1 Å². The largest absolute Gasteiger partial charge is 0.493 e. The average molecular weight is 329 g/mol. The number of benzene rings is 1. The summed E-state index contributed by atoms with van der Waals surface area (Å²) in [6, 6.07) is 3.71. The van der Waals surface area contributed by atoms with Crippen LogP contribution < -0.4 is 14.2 Å². The van der Waals surface area contributed by atoms with Gasteiger partial charge in [0.1, 0.15) is 10.0 Å². The van der Waals surface area contributed by atoms with Gasteiger partial charge in [-0.25, -0.2) is 0 Å². The van der Waals surface area contributed by atoms with Gasteiger partial charge < -0.3 is 24.2 Å². The third kappa shape index (κ3) is 3.04. The van der Waals surface area contributed by atoms with Crippen molar-refractivity contribution in [3.05, 3.63) is 17.7 Å². The van der Waals surface area contributed by atoms with Crippen LogP contribution in [0.1, 0.15) is 12.5 Å². The van der Waals surface area contributed by atoms with E-state index in [2.05, 4.69) is 0 Å². The fourth-order valence-electron chi connectivity index (χ4n) is 2.24. The minimum atomic E-state index is -0.958. The number of thiocarbonyl (C=S) groups is 1. The fourth-order valence-corrected chi connectivity index (χ4v) is 3.65. The van der Waals surface area contributed by atoms with Gasteiger partial charge in [-0.3, -0.25) is 0 Å². The summed E-state index contributed by atoms with van der Waals surface area (Å²) in [7, 11) is 4.72. The predicted molar refractivity (Wildman–Crippen MR) is 87.3 cm³/mol. The summed E-state index contributed by atoms with van der Waals surface area (Å²) >= 11 is 6.78. The molecule has 0 radical (unpaired) electrons. The molecule has 0 spiro atoms. The van der Waals surface area contributed by atoms with Crippen molar-refractivity contribution >= 4 is 28.3 Å². The van der Waals surface area contributed by atoms with Crippen molar-refractivity contribution < 1.29 is 19.3 Å². The van der Waals surface area contributed by atoms with Crippen LogP contribution in [-0.2, 0) is 6.54 Å². The smallest absolute Gasteiger partial charge is 0.203 e. The molecule has 1 N–H and O–H groups in total. The molecule has 1 aliphatic heterocycles. The molecule has 0 aromatic heterocycles. The van der Waals surface area contributed by atoms with Crippen LogP contribution in [0.4, 0.5) is 0 Å². The summed E-state index contributed by atoms with van der Waals surface area (Å²) in [5, 5.41) is 10.4. The van der Waals surface area contributed by atoms with Crippen molar-refractivity contribution in [3.63, 3.8) is 0 Å². The summed E-state index contributed by atoms with van der Waals surface area (Å²) in [6.07, 6.45) is 0. The number of hydrogen-bond donors (Lipinski definition) is 1. The molecular formula is C14H19NO4S2. The first-order valence-corrected chi connectivity index (χ1v) is 7.78. The summed E-state index contributed by atoms with van der Waals surface area (Å²) in [4.78, 5) is 1.79. The zero-order valence-corrected chi connectivity index (χ0v) is 14.1. The van der Waals surface area contributed by atoms with Crippen LogP contribution in [0.2, 0.25) is 0 Å². The Bertz CT molecular complexity index is 548. The van der Waals surface area contributed by atoms with Crippen molar-refractivity contribution in [1.29, 1.82) is 0 Å². The molecular weight excluding hydrogens is 310 g/mol. The SMILES string of the molecule is COc1ccc(CN2C(=S)SCC2(C)O)c(OC)c1OC. The Morgan fingerprint density at radius 1 is 1.24 bits per heavy atom. The third-order valence-corrected chi connectivity index (χ3v) is 5.12. The van der Waals surface area contributed by atoms with Crippen molar-refractivity contribution in [2.45, 2.75) is 19.2 Å². The molecule has 5 nitrogen and oxygen atoms in total.